The molecule has 6 rings (SSSR count). The van der Waals surface area contributed by atoms with Gasteiger partial charge in [0.05, 0.1) is 17.8 Å². The zero-order valence-corrected chi connectivity index (χ0v) is 22.2. The quantitative estimate of drug-likeness (QED) is 0.452. The lowest BCUT2D eigenvalue weighted by atomic mass is 9.79. The molecule has 1 saturated heterocycles. The molecule has 3 aliphatic rings. The van der Waals surface area contributed by atoms with Crippen molar-refractivity contribution in [2.24, 2.45) is 7.05 Å². The van der Waals surface area contributed by atoms with Gasteiger partial charge in [-0.2, -0.15) is 5.10 Å². The molecule has 202 valence electrons. The van der Waals surface area contributed by atoms with Gasteiger partial charge in [0, 0.05) is 25.2 Å². The van der Waals surface area contributed by atoms with Gasteiger partial charge in [0.2, 0.25) is 0 Å². The maximum atomic E-state index is 11.2. The molecular weight excluding hydrogens is 480 g/mol. The Balaban J connectivity index is 1.01. The van der Waals surface area contributed by atoms with Crippen LogP contribution in [-0.2, 0) is 13.7 Å². The minimum absolute atomic E-state index is 0.206. The average molecular weight is 519 g/mol. The smallest absolute Gasteiger partial charge is 0.335 e. The molecule has 3 fully saturated rings. The Labute approximate surface area is 223 Å². The first kappa shape index (κ1) is 25.1. The van der Waals surface area contributed by atoms with E-state index in [1.54, 1.807) is 18.2 Å². The van der Waals surface area contributed by atoms with Crippen LogP contribution in [0, 0.1) is 0 Å². The first-order valence-corrected chi connectivity index (χ1v) is 14.2. The molecule has 0 amide bonds. The van der Waals surface area contributed by atoms with Gasteiger partial charge in [0.15, 0.2) is 5.82 Å². The van der Waals surface area contributed by atoms with Crippen LogP contribution in [0.1, 0.15) is 103 Å². The number of ether oxygens (including phenoxy) is 1. The molecule has 0 radical (unpaired) electrons. The number of hydrogen-bond donors (Lipinski definition) is 1. The van der Waals surface area contributed by atoms with Gasteiger partial charge < -0.3 is 19.3 Å². The normalized spacial score (nSPS) is 26.1. The molecule has 38 heavy (non-hydrogen) atoms. The van der Waals surface area contributed by atoms with E-state index >= 15 is 0 Å². The maximum Gasteiger partial charge on any atom is 0.335 e. The molecule has 3 aromatic rings. The highest BCUT2D eigenvalue weighted by atomic mass is 16.5. The topological polar surface area (TPSA) is 98.3 Å². The van der Waals surface area contributed by atoms with Crippen LogP contribution in [0.2, 0.25) is 0 Å². The Morgan fingerprint density at radius 3 is 2.45 bits per heavy atom. The van der Waals surface area contributed by atoms with Gasteiger partial charge in [-0.05, 0) is 101 Å². The van der Waals surface area contributed by atoms with Crippen molar-refractivity contribution in [2.75, 3.05) is 13.1 Å². The van der Waals surface area contributed by atoms with Crippen LogP contribution >= 0.6 is 0 Å². The average Bonchev–Trinajstić information content (AvgIpc) is 3.54. The van der Waals surface area contributed by atoms with Crippen LogP contribution < -0.4 is 4.74 Å². The van der Waals surface area contributed by atoms with E-state index in [4.69, 9.17) is 9.84 Å². The van der Waals surface area contributed by atoms with Crippen molar-refractivity contribution in [3.8, 4) is 5.75 Å². The Morgan fingerprint density at radius 2 is 1.74 bits per heavy atom. The first-order chi connectivity index (χ1) is 18.5. The van der Waals surface area contributed by atoms with E-state index in [2.05, 4.69) is 32.2 Å². The third-order valence-corrected chi connectivity index (χ3v) is 9.08. The molecule has 2 aromatic heterocycles. The standard InChI is InChI=1S/C29H38N6O3/c1-33-27(19-38-26-5-2-4-22(16-26)29(36)37)31-32-28(33)21-8-6-20(7-9-21)23-17-30-35(18-23)25-12-10-24(11-13-25)34-14-3-15-34/h2,4-5,16-18,20-21,24-25H,3,6-15,19H2,1H3,(H,36,37). The highest BCUT2D eigenvalue weighted by molar-refractivity contribution is 5.88. The van der Waals surface area contributed by atoms with Crippen LogP contribution in [0.25, 0.3) is 0 Å². The summed E-state index contributed by atoms with van der Waals surface area (Å²) in [7, 11) is 1.99. The van der Waals surface area contributed by atoms with Gasteiger partial charge in [0.25, 0.3) is 0 Å². The van der Waals surface area contributed by atoms with Crippen molar-refractivity contribution in [1.29, 1.82) is 0 Å². The second-order valence-electron chi connectivity index (χ2n) is 11.3. The SMILES string of the molecule is Cn1c(COc2cccc(C(=O)O)c2)nnc1C1CCC(c2cnn(C3CCC(N4CCC4)CC3)c2)CC1. The van der Waals surface area contributed by atoms with E-state index < -0.39 is 5.97 Å². The summed E-state index contributed by atoms with van der Waals surface area (Å²) in [5, 5.41) is 22.9. The number of aromatic carboxylic acids is 1. The third-order valence-electron chi connectivity index (χ3n) is 9.08. The van der Waals surface area contributed by atoms with E-state index in [0.29, 0.717) is 23.6 Å². The summed E-state index contributed by atoms with van der Waals surface area (Å²) in [6.45, 7) is 2.86. The van der Waals surface area contributed by atoms with Crippen molar-refractivity contribution >= 4 is 5.97 Å². The van der Waals surface area contributed by atoms with Crippen molar-refractivity contribution < 1.29 is 14.6 Å². The van der Waals surface area contributed by atoms with Gasteiger partial charge in [-0.15, -0.1) is 10.2 Å². The number of nitrogens with zero attached hydrogens (tertiary/aromatic N) is 6. The molecule has 1 N–H and O–H groups in total. The number of hydrogen-bond acceptors (Lipinski definition) is 6. The molecule has 2 saturated carbocycles. The number of carbonyl (C=O) groups is 1. The lowest BCUT2D eigenvalue weighted by Crippen LogP contribution is -2.46. The molecule has 1 aromatic carbocycles. The number of carboxylic acids is 1. The summed E-state index contributed by atoms with van der Waals surface area (Å²) in [6, 6.07) is 7.88. The van der Waals surface area contributed by atoms with E-state index in [9.17, 15) is 9.90 Å². The molecule has 2 aliphatic carbocycles. The van der Waals surface area contributed by atoms with Crippen LogP contribution in [0.15, 0.2) is 36.7 Å². The Morgan fingerprint density at radius 1 is 1.00 bits per heavy atom. The lowest BCUT2D eigenvalue weighted by molar-refractivity contribution is 0.0696. The number of benzene rings is 1. The van der Waals surface area contributed by atoms with Gasteiger partial charge in [-0.25, -0.2) is 4.79 Å². The zero-order valence-electron chi connectivity index (χ0n) is 22.2. The number of aromatic nitrogens is 5. The molecule has 9 heteroatoms. The fourth-order valence-electron chi connectivity index (χ4n) is 6.57. The summed E-state index contributed by atoms with van der Waals surface area (Å²) < 4.78 is 10.1. The van der Waals surface area contributed by atoms with E-state index in [1.807, 2.05) is 11.6 Å². The predicted molar refractivity (Wildman–Crippen MR) is 142 cm³/mol. The van der Waals surface area contributed by atoms with Crippen LogP contribution in [-0.4, -0.2) is 59.7 Å². The molecule has 9 nitrogen and oxygen atoms in total. The van der Waals surface area contributed by atoms with Crippen molar-refractivity contribution in [3.63, 3.8) is 0 Å². The zero-order chi connectivity index (χ0) is 26.1. The minimum atomic E-state index is -0.968. The van der Waals surface area contributed by atoms with Crippen molar-refractivity contribution in [3.05, 3.63) is 59.4 Å². The molecule has 0 unspecified atom stereocenters. The molecule has 0 spiro atoms. The first-order valence-electron chi connectivity index (χ1n) is 14.2. The summed E-state index contributed by atoms with van der Waals surface area (Å²) in [5.41, 5.74) is 1.60. The van der Waals surface area contributed by atoms with E-state index in [0.717, 1.165) is 43.4 Å². The lowest BCUT2D eigenvalue weighted by Gasteiger charge is -2.42. The maximum absolute atomic E-state index is 11.2. The second kappa shape index (κ2) is 10.9. The highest BCUT2D eigenvalue weighted by Crippen LogP contribution is 2.40. The second-order valence-corrected chi connectivity index (χ2v) is 11.3. The Hall–Kier alpha value is -3.20. The largest absolute Gasteiger partial charge is 0.486 e. The summed E-state index contributed by atoms with van der Waals surface area (Å²) in [6.07, 6.45) is 15.4. The molecular formula is C29H38N6O3. The van der Waals surface area contributed by atoms with Crippen LogP contribution in [0.4, 0.5) is 0 Å². The fraction of sp³-hybridized carbons (Fsp3) is 0.586. The molecule has 0 bridgehead atoms. The number of carboxylic acid groups (broad SMARTS) is 1. The number of rotatable bonds is 8. The van der Waals surface area contributed by atoms with Gasteiger partial charge >= 0.3 is 5.97 Å². The van der Waals surface area contributed by atoms with E-state index in [-0.39, 0.29) is 12.2 Å². The number of likely N-dealkylation sites (tertiary alicyclic amines) is 1. The van der Waals surface area contributed by atoms with Gasteiger partial charge in [-0.1, -0.05) is 6.07 Å². The molecule has 1 aliphatic heterocycles. The summed E-state index contributed by atoms with van der Waals surface area (Å²) in [4.78, 5) is 13.9. The van der Waals surface area contributed by atoms with Crippen LogP contribution in [0.3, 0.4) is 0 Å². The van der Waals surface area contributed by atoms with E-state index in [1.165, 1.54) is 56.8 Å². The Kier molecular flexibility index (Phi) is 7.19. The summed E-state index contributed by atoms with van der Waals surface area (Å²) in [5.74, 6) is 2.25. The fourth-order valence-corrected chi connectivity index (χ4v) is 6.57. The predicted octanol–water partition coefficient (Wildman–Crippen LogP) is 4.92. The van der Waals surface area contributed by atoms with Crippen molar-refractivity contribution in [1.82, 2.24) is 29.4 Å². The van der Waals surface area contributed by atoms with Gasteiger partial charge in [-0.3, -0.25) is 4.68 Å². The third kappa shape index (κ3) is 5.21. The molecule has 3 heterocycles. The van der Waals surface area contributed by atoms with Gasteiger partial charge in [0.1, 0.15) is 18.2 Å². The molecule has 0 atom stereocenters. The highest BCUT2D eigenvalue weighted by Gasteiger charge is 2.31. The van der Waals surface area contributed by atoms with Crippen molar-refractivity contribution in [2.45, 2.75) is 88.3 Å². The van der Waals surface area contributed by atoms with Crippen LogP contribution in [0.5, 0.6) is 5.75 Å². The minimum Gasteiger partial charge on any atom is -0.486 e. The summed E-state index contributed by atoms with van der Waals surface area (Å²) >= 11 is 0. The Bertz CT molecular complexity index is 1250. The monoisotopic (exact) mass is 518 g/mol.